The molecule has 1 atom stereocenters. The number of hydrogen-bond donors (Lipinski definition) is 1. The predicted molar refractivity (Wildman–Crippen MR) is 119 cm³/mol. The Morgan fingerprint density at radius 3 is 2.58 bits per heavy atom. The molecule has 3 heterocycles. The van der Waals surface area contributed by atoms with Crippen molar-refractivity contribution in [2.75, 3.05) is 26.5 Å². The maximum absolute atomic E-state index is 12.9. The summed E-state index contributed by atoms with van der Waals surface area (Å²) >= 11 is 0. The molecule has 33 heavy (non-hydrogen) atoms. The van der Waals surface area contributed by atoms with Crippen LogP contribution >= 0.6 is 0 Å². The Hall–Kier alpha value is -4.21. The molecule has 0 saturated carbocycles. The van der Waals surface area contributed by atoms with Crippen LogP contribution in [0.25, 0.3) is 0 Å². The largest absolute Gasteiger partial charge is 0.490 e. The van der Waals surface area contributed by atoms with Gasteiger partial charge in [-0.25, -0.2) is 15.0 Å². The summed E-state index contributed by atoms with van der Waals surface area (Å²) in [4.78, 5) is 38.7. The summed E-state index contributed by atoms with van der Waals surface area (Å²) in [6.07, 6.45) is 4.88. The zero-order valence-electron chi connectivity index (χ0n) is 18.7. The van der Waals surface area contributed by atoms with Crippen molar-refractivity contribution in [3.8, 4) is 23.1 Å². The lowest BCUT2D eigenvalue weighted by atomic mass is 10.1. The summed E-state index contributed by atoms with van der Waals surface area (Å²) in [5.41, 5.74) is 1.50. The van der Waals surface area contributed by atoms with Crippen LogP contribution in [0.15, 0.2) is 42.9 Å². The van der Waals surface area contributed by atoms with E-state index in [9.17, 15) is 9.59 Å². The predicted octanol–water partition coefficient (Wildman–Crippen LogP) is 2.95. The molecular weight excluding hydrogens is 426 g/mol. The van der Waals surface area contributed by atoms with E-state index in [1.807, 2.05) is 6.92 Å². The van der Waals surface area contributed by atoms with Crippen molar-refractivity contribution in [3.05, 3.63) is 59.7 Å². The number of benzene rings is 1. The van der Waals surface area contributed by atoms with Gasteiger partial charge in [0, 0.05) is 31.6 Å². The highest BCUT2D eigenvalue weighted by molar-refractivity contribution is 6.04. The van der Waals surface area contributed by atoms with E-state index in [1.165, 1.54) is 30.6 Å². The number of methoxy groups -OCH3 is 1. The summed E-state index contributed by atoms with van der Waals surface area (Å²) in [7, 11) is 4.80. The smallest absolute Gasteiger partial charge is 0.271 e. The van der Waals surface area contributed by atoms with Gasteiger partial charge in [-0.05, 0) is 31.2 Å². The molecule has 0 spiro atoms. The first-order valence-electron chi connectivity index (χ1n) is 10.2. The van der Waals surface area contributed by atoms with Crippen LogP contribution in [0.5, 0.6) is 23.1 Å². The molecule has 3 aromatic rings. The van der Waals surface area contributed by atoms with E-state index in [2.05, 4.69) is 20.3 Å². The number of nitrogens with zero attached hydrogens (tertiary/aromatic N) is 4. The van der Waals surface area contributed by atoms with Gasteiger partial charge < -0.3 is 24.4 Å². The molecule has 10 heteroatoms. The highest BCUT2D eigenvalue weighted by Gasteiger charge is 2.26. The first-order valence-corrected chi connectivity index (χ1v) is 10.2. The topological polar surface area (TPSA) is 116 Å². The van der Waals surface area contributed by atoms with Crippen molar-refractivity contribution in [2.24, 2.45) is 0 Å². The van der Waals surface area contributed by atoms with Gasteiger partial charge in [-0.1, -0.05) is 0 Å². The number of ether oxygens (including phenoxy) is 3. The third-order valence-corrected chi connectivity index (χ3v) is 4.92. The van der Waals surface area contributed by atoms with Crippen LogP contribution in [-0.4, -0.2) is 59.0 Å². The van der Waals surface area contributed by atoms with E-state index >= 15 is 0 Å². The fourth-order valence-electron chi connectivity index (χ4n) is 3.29. The Morgan fingerprint density at radius 1 is 1.12 bits per heavy atom. The van der Waals surface area contributed by atoms with Crippen LogP contribution < -0.4 is 19.5 Å². The molecule has 1 aliphatic heterocycles. The van der Waals surface area contributed by atoms with E-state index in [-0.39, 0.29) is 17.8 Å². The Balaban J connectivity index is 1.59. The lowest BCUT2D eigenvalue weighted by Gasteiger charge is -2.13. The second-order valence-electron chi connectivity index (χ2n) is 7.66. The second-order valence-corrected chi connectivity index (χ2v) is 7.66. The summed E-state index contributed by atoms with van der Waals surface area (Å²) in [5.74, 6) is 1.53. The van der Waals surface area contributed by atoms with Crippen molar-refractivity contribution >= 4 is 17.6 Å². The van der Waals surface area contributed by atoms with Crippen LogP contribution in [0.1, 0.15) is 33.3 Å². The minimum atomic E-state index is -0.393. The number of carbonyl (C=O) groups is 2. The highest BCUT2D eigenvalue weighted by Crippen LogP contribution is 2.39. The number of pyridine rings is 1. The third-order valence-electron chi connectivity index (χ3n) is 4.92. The second kappa shape index (κ2) is 9.11. The SMILES string of the molecule is COc1cnc(NC(=O)c2cc(Oc3ccc(C(=O)N(C)C)nc3)c3c(c2)OC(C)C3)cn1. The number of hydrogen-bond acceptors (Lipinski definition) is 8. The van der Waals surface area contributed by atoms with Gasteiger partial charge in [0.2, 0.25) is 5.88 Å². The van der Waals surface area contributed by atoms with Gasteiger partial charge in [-0.2, -0.15) is 0 Å². The van der Waals surface area contributed by atoms with Gasteiger partial charge in [0.25, 0.3) is 11.8 Å². The molecule has 2 amide bonds. The minimum absolute atomic E-state index is 0.0497. The standard InChI is InChI=1S/C23H23N5O5/c1-13-7-16-18(32-13)8-14(22(29)27-20-11-26-21(31-4)12-25-20)9-19(16)33-15-5-6-17(24-10-15)23(30)28(2)3/h5-6,8-13H,7H2,1-4H3,(H,25,27,29). The lowest BCUT2D eigenvalue weighted by molar-refractivity contribution is 0.0821. The van der Waals surface area contributed by atoms with Crippen LogP contribution in [-0.2, 0) is 6.42 Å². The van der Waals surface area contributed by atoms with Gasteiger partial charge in [-0.15, -0.1) is 0 Å². The first-order chi connectivity index (χ1) is 15.8. The zero-order valence-corrected chi connectivity index (χ0v) is 18.7. The average Bonchev–Trinajstić information content (AvgIpc) is 3.20. The maximum Gasteiger partial charge on any atom is 0.271 e. The van der Waals surface area contributed by atoms with Gasteiger partial charge in [0.15, 0.2) is 5.82 Å². The Bertz CT molecular complexity index is 1180. The molecule has 1 N–H and O–H groups in total. The maximum atomic E-state index is 12.9. The van der Waals surface area contributed by atoms with Gasteiger partial charge >= 0.3 is 0 Å². The van der Waals surface area contributed by atoms with Crippen molar-refractivity contribution in [2.45, 2.75) is 19.4 Å². The summed E-state index contributed by atoms with van der Waals surface area (Å²) < 4.78 is 16.9. The van der Waals surface area contributed by atoms with Gasteiger partial charge in [-0.3, -0.25) is 9.59 Å². The molecule has 0 radical (unpaired) electrons. The summed E-state index contributed by atoms with van der Waals surface area (Å²) in [6.45, 7) is 1.94. The van der Waals surface area contributed by atoms with Crippen molar-refractivity contribution < 1.29 is 23.8 Å². The van der Waals surface area contributed by atoms with Crippen LogP contribution in [0.3, 0.4) is 0 Å². The quantitative estimate of drug-likeness (QED) is 0.611. The first kappa shape index (κ1) is 22.0. The van der Waals surface area contributed by atoms with Crippen molar-refractivity contribution in [1.82, 2.24) is 19.9 Å². The van der Waals surface area contributed by atoms with Gasteiger partial charge in [0.1, 0.15) is 29.0 Å². The van der Waals surface area contributed by atoms with Crippen LogP contribution in [0.2, 0.25) is 0 Å². The average molecular weight is 449 g/mol. The molecule has 0 fully saturated rings. The van der Waals surface area contributed by atoms with E-state index < -0.39 is 5.91 Å². The zero-order chi connectivity index (χ0) is 23.5. The Labute approximate surface area is 190 Å². The number of carbonyl (C=O) groups excluding carboxylic acids is 2. The number of aromatic nitrogens is 3. The number of amides is 2. The van der Waals surface area contributed by atoms with E-state index in [0.29, 0.717) is 40.8 Å². The molecule has 1 aliphatic rings. The third kappa shape index (κ3) is 4.84. The molecule has 0 aliphatic carbocycles. The van der Waals surface area contributed by atoms with Crippen molar-refractivity contribution in [3.63, 3.8) is 0 Å². The molecule has 0 saturated heterocycles. The highest BCUT2D eigenvalue weighted by atomic mass is 16.5. The van der Waals surface area contributed by atoms with Crippen molar-refractivity contribution in [1.29, 1.82) is 0 Å². The number of rotatable bonds is 6. The van der Waals surface area contributed by atoms with E-state index in [4.69, 9.17) is 14.2 Å². The molecular formula is C23H23N5O5. The number of nitrogens with one attached hydrogen (secondary N) is 1. The fraction of sp³-hybridized carbons (Fsp3) is 0.261. The molecule has 4 rings (SSSR count). The molecule has 2 aromatic heterocycles. The number of anilines is 1. The van der Waals surface area contributed by atoms with Crippen LogP contribution in [0.4, 0.5) is 5.82 Å². The van der Waals surface area contributed by atoms with Crippen LogP contribution in [0, 0.1) is 0 Å². The fourth-order valence-corrected chi connectivity index (χ4v) is 3.29. The Kier molecular flexibility index (Phi) is 6.07. The molecule has 0 bridgehead atoms. The summed E-state index contributed by atoms with van der Waals surface area (Å²) in [6, 6.07) is 6.57. The summed E-state index contributed by atoms with van der Waals surface area (Å²) in [5, 5.41) is 2.70. The monoisotopic (exact) mass is 449 g/mol. The van der Waals surface area contributed by atoms with E-state index in [1.54, 1.807) is 38.4 Å². The minimum Gasteiger partial charge on any atom is -0.490 e. The Morgan fingerprint density at radius 2 is 1.94 bits per heavy atom. The number of fused-ring (bicyclic) bond motifs is 1. The van der Waals surface area contributed by atoms with E-state index in [0.717, 1.165) is 5.56 Å². The molecule has 1 unspecified atom stereocenters. The normalized spacial score (nSPS) is 14.1. The lowest BCUT2D eigenvalue weighted by Crippen LogP contribution is -2.22. The molecule has 170 valence electrons. The molecule has 1 aromatic carbocycles. The molecule has 10 nitrogen and oxygen atoms in total. The van der Waals surface area contributed by atoms with Gasteiger partial charge in [0.05, 0.1) is 25.7 Å².